The van der Waals surface area contributed by atoms with Crippen LogP contribution in [-0.2, 0) is 16.2 Å². The second kappa shape index (κ2) is 9.14. The summed E-state index contributed by atoms with van der Waals surface area (Å²) in [6.07, 6.45) is 0. The molecule has 0 saturated heterocycles. The minimum Gasteiger partial charge on any atom is -0.309 e. The van der Waals surface area contributed by atoms with Crippen LogP contribution in [0.5, 0.6) is 0 Å². The summed E-state index contributed by atoms with van der Waals surface area (Å²) in [4.78, 5) is 3.74. The van der Waals surface area contributed by atoms with Gasteiger partial charge in [0, 0.05) is 22.5 Å². The standard InChI is InChI=1S/C36H28FNOS/c1-36(2,3)23-15-19-25(20-16-23)38(26-21-17-24(37)18-22-26)32-14-8-13-31-33-29-11-6-4-9-27(29)28-10-5-7-12-30(28)35(33)40(39)34(31)32/h4-22H,1-3H3. The van der Waals surface area contributed by atoms with E-state index in [1.54, 1.807) is 12.1 Å². The Hall–Kier alpha value is -4.28. The first-order valence-electron chi connectivity index (χ1n) is 13.5. The highest BCUT2D eigenvalue weighted by molar-refractivity contribution is 7.86. The van der Waals surface area contributed by atoms with Crippen molar-refractivity contribution in [2.45, 2.75) is 36.0 Å². The molecule has 0 aromatic heterocycles. The molecule has 6 aromatic carbocycles. The fourth-order valence-electron chi connectivity index (χ4n) is 5.89. The highest BCUT2D eigenvalue weighted by Crippen LogP contribution is 2.53. The van der Waals surface area contributed by atoms with Gasteiger partial charge in [0.05, 0.1) is 26.3 Å². The molecule has 6 aromatic rings. The van der Waals surface area contributed by atoms with E-state index in [4.69, 9.17) is 0 Å². The van der Waals surface area contributed by atoms with Crippen LogP contribution < -0.4 is 4.90 Å². The first kappa shape index (κ1) is 24.7. The third-order valence-corrected chi connectivity index (χ3v) is 9.43. The summed E-state index contributed by atoms with van der Waals surface area (Å²) in [5, 5.41) is 4.37. The summed E-state index contributed by atoms with van der Waals surface area (Å²) in [6.45, 7) is 6.58. The molecule has 1 atom stereocenters. The number of fused-ring (bicyclic) bond motifs is 8. The maximum Gasteiger partial charge on any atom is 0.123 e. The van der Waals surface area contributed by atoms with Crippen molar-refractivity contribution < 1.29 is 8.60 Å². The predicted octanol–water partition coefficient (Wildman–Crippen LogP) is 10.0. The Balaban J connectivity index is 1.51. The van der Waals surface area contributed by atoms with Crippen LogP contribution in [-0.4, -0.2) is 4.21 Å². The summed E-state index contributed by atoms with van der Waals surface area (Å²) < 4.78 is 28.6. The van der Waals surface area contributed by atoms with Crippen molar-refractivity contribution in [1.29, 1.82) is 0 Å². The average molecular weight is 542 g/mol. The average Bonchev–Trinajstić information content (AvgIpc) is 3.27. The van der Waals surface area contributed by atoms with E-state index in [1.165, 1.54) is 17.7 Å². The third-order valence-electron chi connectivity index (χ3n) is 7.84. The smallest absolute Gasteiger partial charge is 0.123 e. The molecule has 0 saturated carbocycles. The topological polar surface area (TPSA) is 20.3 Å². The summed E-state index contributed by atoms with van der Waals surface area (Å²) in [6, 6.07) is 37.7. The molecular formula is C36H28FNOS. The van der Waals surface area contributed by atoms with Crippen LogP contribution in [0.4, 0.5) is 21.5 Å². The molecule has 7 rings (SSSR count). The van der Waals surface area contributed by atoms with E-state index in [0.717, 1.165) is 59.5 Å². The van der Waals surface area contributed by atoms with Crippen molar-refractivity contribution in [3.05, 3.63) is 127 Å². The molecule has 0 spiro atoms. The quantitative estimate of drug-likeness (QED) is 0.207. The van der Waals surface area contributed by atoms with Crippen molar-refractivity contribution in [3.8, 4) is 11.1 Å². The van der Waals surface area contributed by atoms with Gasteiger partial charge in [0.15, 0.2) is 0 Å². The summed E-state index contributed by atoms with van der Waals surface area (Å²) in [5.41, 5.74) is 5.81. The Labute approximate surface area is 236 Å². The molecular weight excluding hydrogens is 513 g/mol. The largest absolute Gasteiger partial charge is 0.309 e. The zero-order valence-electron chi connectivity index (χ0n) is 22.6. The Morgan fingerprint density at radius 3 is 1.77 bits per heavy atom. The second-order valence-electron chi connectivity index (χ2n) is 11.3. The van der Waals surface area contributed by atoms with Gasteiger partial charge >= 0.3 is 0 Å². The fourth-order valence-corrected chi connectivity index (χ4v) is 7.60. The molecule has 2 nitrogen and oxygen atoms in total. The Kier molecular flexibility index (Phi) is 5.65. The monoisotopic (exact) mass is 541 g/mol. The van der Waals surface area contributed by atoms with E-state index < -0.39 is 10.8 Å². The van der Waals surface area contributed by atoms with Gasteiger partial charge < -0.3 is 4.90 Å². The number of hydrogen-bond donors (Lipinski definition) is 0. The normalized spacial score (nSPS) is 14.3. The van der Waals surface area contributed by atoms with Crippen LogP contribution in [0.1, 0.15) is 26.3 Å². The summed E-state index contributed by atoms with van der Waals surface area (Å²) in [5.74, 6) is -0.293. The van der Waals surface area contributed by atoms with Gasteiger partial charge in [-0.1, -0.05) is 93.6 Å². The maximum absolute atomic E-state index is 14.6. The lowest BCUT2D eigenvalue weighted by Gasteiger charge is -2.28. The molecule has 0 radical (unpaired) electrons. The Morgan fingerprint density at radius 2 is 1.15 bits per heavy atom. The van der Waals surface area contributed by atoms with Gasteiger partial charge in [-0.25, -0.2) is 8.60 Å². The molecule has 1 heterocycles. The lowest BCUT2D eigenvalue weighted by molar-refractivity contribution is 0.590. The van der Waals surface area contributed by atoms with Crippen molar-refractivity contribution in [3.63, 3.8) is 0 Å². The SMILES string of the molecule is CC(C)(C)c1ccc(N(c2ccc(F)cc2)c2cccc3c2S(=O)c2c-3c3ccccc3c3ccccc23)cc1. The van der Waals surface area contributed by atoms with Gasteiger partial charge in [-0.05, 0) is 75.0 Å². The minimum atomic E-state index is -1.42. The molecule has 1 aliphatic rings. The van der Waals surface area contributed by atoms with E-state index in [2.05, 4.69) is 86.3 Å². The number of halogens is 1. The number of nitrogens with zero attached hydrogens (tertiary/aromatic N) is 1. The van der Waals surface area contributed by atoms with Crippen molar-refractivity contribution in [2.24, 2.45) is 0 Å². The van der Waals surface area contributed by atoms with E-state index in [1.807, 2.05) is 30.3 Å². The van der Waals surface area contributed by atoms with Crippen LogP contribution in [0.15, 0.2) is 125 Å². The van der Waals surface area contributed by atoms with E-state index >= 15 is 0 Å². The third kappa shape index (κ3) is 3.78. The van der Waals surface area contributed by atoms with E-state index in [9.17, 15) is 8.60 Å². The van der Waals surface area contributed by atoms with Crippen LogP contribution in [0, 0.1) is 5.82 Å². The van der Waals surface area contributed by atoms with E-state index in [-0.39, 0.29) is 11.2 Å². The number of hydrogen-bond acceptors (Lipinski definition) is 2. The molecule has 1 aliphatic heterocycles. The highest BCUT2D eigenvalue weighted by Gasteiger charge is 2.34. The number of benzene rings is 6. The maximum atomic E-state index is 14.6. The van der Waals surface area contributed by atoms with Gasteiger partial charge in [-0.2, -0.15) is 0 Å². The lowest BCUT2D eigenvalue weighted by atomic mass is 9.87. The van der Waals surface area contributed by atoms with Crippen molar-refractivity contribution >= 4 is 49.4 Å². The van der Waals surface area contributed by atoms with Gasteiger partial charge in [0.2, 0.25) is 0 Å². The summed E-state index contributed by atoms with van der Waals surface area (Å²) >= 11 is 0. The fraction of sp³-hybridized carbons (Fsp3) is 0.111. The molecule has 0 bridgehead atoms. The molecule has 0 fully saturated rings. The first-order chi connectivity index (χ1) is 19.3. The second-order valence-corrected chi connectivity index (χ2v) is 12.7. The molecule has 40 heavy (non-hydrogen) atoms. The van der Waals surface area contributed by atoms with Gasteiger partial charge in [-0.15, -0.1) is 0 Å². The van der Waals surface area contributed by atoms with Crippen molar-refractivity contribution in [1.82, 2.24) is 0 Å². The zero-order chi connectivity index (χ0) is 27.6. The molecule has 0 N–H and O–H groups in total. The van der Waals surface area contributed by atoms with Gasteiger partial charge in [0.25, 0.3) is 0 Å². The molecule has 4 heteroatoms. The molecule has 1 unspecified atom stereocenters. The molecule has 0 amide bonds. The van der Waals surface area contributed by atoms with Gasteiger partial charge in [0.1, 0.15) is 5.82 Å². The van der Waals surface area contributed by atoms with Crippen LogP contribution in [0.25, 0.3) is 32.7 Å². The Bertz CT molecular complexity index is 1950. The van der Waals surface area contributed by atoms with Crippen LogP contribution in [0.2, 0.25) is 0 Å². The molecule has 196 valence electrons. The predicted molar refractivity (Wildman–Crippen MR) is 165 cm³/mol. The highest BCUT2D eigenvalue weighted by atomic mass is 32.2. The van der Waals surface area contributed by atoms with Crippen LogP contribution in [0.3, 0.4) is 0 Å². The number of rotatable bonds is 3. The number of anilines is 3. The Morgan fingerprint density at radius 1 is 0.600 bits per heavy atom. The summed E-state index contributed by atoms with van der Waals surface area (Å²) in [7, 11) is -1.42. The van der Waals surface area contributed by atoms with Gasteiger partial charge in [-0.3, -0.25) is 0 Å². The molecule has 0 aliphatic carbocycles. The first-order valence-corrected chi connectivity index (χ1v) is 14.6. The lowest BCUT2D eigenvalue weighted by Crippen LogP contribution is -2.14. The van der Waals surface area contributed by atoms with Crippen LogP contribution >= 0.6 is 0 Å². The minimum absolute atomic E-state index is 0.0124. The van der Waals surface area contributed by atoms with Crippen molar-refractivity contribution in [2.75, 3.05) is 4.90 Å². The zero-order valence-corrected chi connectivity index (χ0v) is 23.4. The van der Waals surface area contributed by atoms with E-state index in [0.29, 0.717) is 0 Å².